The topological polar surface area (TPSA) is 61.5 Å². The van der Waals surface area contributed by atoms with Gasteiger partial charge in [-0.15, -0.1) is 0 Å². The molecule has 2 fully saturated rings. The normalized spacial score (nSPS) is 17.0. The van der Waals surface area contributed by atoms with E-state index in [1.165, 1.54) is 13.2 Å². The second kappa shape index (κ2) is 7.06. The molecule has 2 aromatic heterocycles. The van der Waals surface area contributed by atoms with E-state index in [1.807, 2.05) is 17.0 Å². The number of amides is 1. The third kappa shape index (κ3) is 3.30. The van der Waals surface area contributed by atoms with Crippen LogP contribution in [0.3, 0.4) is 0 Å². The molecule has 3 aromatic rings. The minimum atomic E-state index is -0.343. The zero-order valence-electron chi connectivity index (χ0n) is 16.3. The number of piperazine rings is 1. The lowest BCUT2D eigenvalue weighted by molar-refractivity contribution is -0.132. The molecule has 0 radical (unpaired) electrons. The number of anilines is 1. The molecule has 2 aliphatic rings. The fourth-order valence-electron chi connectivity index (χ4n) is 4.03. The number of methoxy groups -OCH3 is 1. The third-order valence-corrected chi connectivity index (χ3v) is 5.83. The van der Waals surface area contributed by atoms with E-state index in [2.05, 4.69) is 14.9 Å². The molecule has 7 heteroatoms. The molecule has 3 heterocycles. The second-order valence-corrected chi connectivity index (χ2v) is 7.71. The van der Waals surface area contributed by atoms with Crippen molar-refractivity contribution in [3.63, 3.8) is 0 Å². The van der Waals surface area contributed by atoms with Gasteiger partial charge < -0.3 is 19.5 Å². The fraction of sp³-hybridized carbons (Fsp3) is 0.364. The quantitative estimate of drug-likeness (QED) is 0.737. The summed E-state index contributed by atoms with van der Waals surface area (Å²) in [6.07, 6.45) is 3.85. The average molecular weight is 394 g/mol. The molecule has 0 spiro atoms. The predicted octanol–water partition coefficient (Wildman–Crippen LogP) is 3.44. The zero-order valence-corrected chi connectivity index (χ0v) is 16.3. The Morgan fingerprint density at radius 1 is 1.17 bits per heavy atom. The number of hydrogen-bond donors (Lipinski definition) is 1. The largest absolute Gasteiger partial charge is 0.497 e. The molecule has 1 N–H and O–H groups in total. The van der Waals surface area contributed by atoms with Gasteiger partial charge in [0.15, 0.2) is 0 Å². The summed E-state index contributed by atoms with van der Waals surface area (Å²) >= 11 is 0. The summed E-state index contributed by atoms with van der Waals surface area (Å²) in [4.78, 5) is 24.2. The summed E-state index contributed by atoms with van der Waals surface area (Å²) in [6.45, 7) is 3.05. The lowest BCUT2D eigenvalue weighted by Gasteiger charge is -2.36. The number of H-pyrrole nitrogens is 1. The van der Waals surface area contributed by atoms with Gasteiger partial charge in [0.25, 0.3) is 0 Å². The molecule has 1 saturated heterocycles. The van der Waals surface area contributed by atoms with Crippen molar-refractivity contribution < 1.29 is 13.9 Å². The maximum absolute atomic E-state index is 14.5. The Labute approximate surface area is 168 Å². The molecule has 6 nitrogen and oxygen atoms in total. The van der Waals surface area contributed by atoms with E-state index < -0.39 is 0 Å². The first kappa shape index (κ1) is 18.0. The van der Waals surface area contributed by atoms with Crippen molar-refractivity contribution in [3.8, 4) is 17.0 Å². The molecule has 29 heavy (non-hydrogen) atoms. The first-order valence-corrected chi connectivity index (χ1v) is 9.99. The molecule has 150 valence electrons. The summed E-state index contributed by atoms with van der Waals surface area (Å²) in [5.74, 6) is 0.716. The van der Waals surface area contributed by atoms with Gasteiger partial charge in [0, 0.05) is 61.0 Å². The van der Waals surface area contributed by atoms with Crippen LogP contribution in [0.5, 0.6) is 5.75 Å². The lowest BCUT2D eigenvalue weighted by atomic mass is 10.1. The van der Waals surface area contributed by atoms with Gasteiger partial charge in [0.05, 0.1) is 12.8 Å². The van der Waals surface area contributed by atoms with E-state index in [4.69, 9.17) is 4.74 Å². The predicted molar refractivity (Wildman–Crippen MR) is 110 cm³/mol. The van der Waals surface area contributed by atoms with Crippen molar-refractivity contribution in [2.45, 2.75) is 12.8 Å². The Balaban J connectivity index is 1.42. The zero-order chi connectivity index (χ0) is 20.0. The van der Waals surface area contributed by atoms with Crippen LogP contribution in [0, 0.1) is 11.7 Å². The van der Waals surface area contributed by atoms with Crippen LogP contribution < -0.4 is 9.64 Å². The highest BCUT2D eigenvalue weighted by Gasteiger charge is 2.34. The molecule has 1 aliphatic carbocycles. The summed E-state index contributed by atoms with van der Waals surface area (Å²) in [5.41, 5.74) is 2.95. The van der Waals surface area contributed by atoms with E-state index in [0.717, 1.165) is 55.7 Å². The number of nitrogens with one attached hydrogen (secondary N) is 1. The van der Waals surface area contributed by atoms with Gasteiger partial charge in [0.1, 0.15) is 17.2 Å². The molecule has 0 bridgehead atoms. The number of fused-ring (bicyclic) bond motifs is 1. The summed E-state index contributed by atoms with van der Waals surface area (Å²) in [6, 6.07) is 8.77. The van der Waals surface area contributed by atoms with Gasteiger partial charge in [-0.3, -0.25) is 4.79 Å². The number of aromatic nitrogens is 2. The van der Waals surface area contributed by atoms with Crippen LogP contribution in [-0.4, -0.2) is 54.1 Å². The number of carbonyl (C=O) groups excluding carboxylic acids is 1. The minimum absolute atomic E-state index is 0.265. The molecular weight excluding hydrogens is 371 g/mol. The van der Waals surface area contributed by atoms with E-state index in [-0.39, 0.29) is 11.7 Å². The van der Waals surface area contributed by atoms with Crippen LogP contribution in [0.2, 0.25) is 0 Å². The highest BCUT2D eigenvalue weighted by atomic mass is 19.1. The van der Waals surface area contributed by atoms with E-state index in [1.54, 1.807) is 18.3 Å². The van der Waals surface area contributed by atoms with E-state index >= 15 is 0 Å². The monoisotopic (exact) mass is 394 g/mol. The highest BCUT2D eigenvalue weighted by molar-refractivity contribution is 5.94. The Hall–Kier alpha value is -3.09. The summed E-state index contributed by atoms with van der Waals surface area (Å²) in [5, 5.41) is 0.958. The number of aromatic amines is 1. The number of rotatable bonds is 4. The molecule has 1 amide bonds. The molecule has 0 atom stereocenters. The third-order valence-electron chi connectivity index (χ3n) is 5.83. The van der Waals surface area contributed by atoms with Gasteiger partial charge in [0.2, 0.25) is 5.91 Å². The van der Waals surface area contributed by atoms with Crippen molar-refractivity contribution in [2.75, 3.05) is 38.2 Å². The SMILES string of the molecule is COc1ccc(-c2cc3c(N4CCN(C(=O)C5CC5)CC4)ccnc3[nH]2)c(F)c1. The summed E-state index contributed by atoms with van der Waals surface area (Å²) < 4.78 is 19.6. The van der Waals surface area contributed by atoms with Crippen LogP contribution in [0.1, 0.15) is 12.8 Å². The average Bonchev–Trinajstić information content (AvgIpc) is 3.51. The fourth-order valence-corrected chi connectivity index (χ4v) is 4.03. The number of carbonyl (C=O) groups is 1. The van der Waals surface area contributed by atoms with Gasteiger partial charge in [-0.1, -0.05) is 0 Å². The smallest absolute Gasteiger partial charge is 0.225 e. The number of halogens is 1. The number of hydrogen-bond acceptors (Lipinski definition) is 4. The molecular formula is C22H23FN4O2. The van der Waals surface area contributed by atoms with Crippen LogP contribution in [0.25, 0.3) is 22.3 Å². The Morgan fingerprint density at radius 3 is 2.66 bits per heavy atom. The Kier molecular flexibility index (Phi) is 4.38. The number of benzene rings is 1. The molecule has 1 aromatic carbocycles. The van der Waals surface area contributed by atoms with Crippen molar-refractivity contribution in [3.05, 3.63) is 42.3 Å². The van der Waals surface area contributed by atoms with Gasteiger partial charge in [-0.05, 0) is 37.1 Å². The van der Waals surface area contributed by atoms with Gasteiger partial charge in [-0.2, -0.15) is 0 Å². The molecule has 1 saturated carbocycles. The van der Waals surface area contributed by atoms with Crippen LogP contribution in [-0.2, 0) is 4.79 Å². The maximum Gasteiger partial charge on any atom is 0.225 e. The minimum Gasteiger partial charge on any atom is -0.497 e. The van der Waals surface area contributed by atoms with Crippen molar-refractivity contribution in [1.29, 1.82) is 0 Å². The lowest BCUT2D eigenvalue weighted by Crippen LogP contribution is -2.49. The van der Waals surface area contributed by atoms with Crippen molar-refractivity contribution >= 4 is 22.6 Å². The Morgan fingerprint density at radius 2 is 1.97 bits per heavy atom. The molecule has 0 unspecified atom stereocenters. The maximum atomic E-state index is 14.5. The number of nitrogens with zero attached hydrogens (tertiary/aromatic N) is 3. The van der Waals surface area contributed by atoms with Crippen molar-refractivity contribution in [2.24, 2.45) is 5.92 Å². The first-order valence-electron chi connectivity index (χ1n) is 9.99. The molecule has 5 rings (SSSR count). The summed E-state index contributed by atoms with van der Waals surface area (Å²) in [7, 11) is 1.52. The molecule has 1 aliphatic heterocycles. The van der Waals surface area contributed by atoms with Gasteiger partial charge >= 0.3 is 0 Å². The van der Waals surface area contributed by atoms with Crippen LogP contribution in [0.4, 0.5) is 10.1 Å². The van der Waals surface area contributed by atoms with Gasteiger partial charge in [-0.25, -0.2) is 9.37 Å². The Bertz CT molecular complexity index is 1070. The number of pyridine rings is 1. The van der Waals surface area contributed by atoms with Crippen LogP contribution >= 0.6 is 0 Å². The van der Waals surface area contributed by atoms with Crippen molar-refractivity contribution in [1.82, 2.24) is 14.9 Å². The first-order chi connectivity index (χ1) is 14.1. The standard InChI is InChI=1S/C22H23FN4O2/c1-29-15-4-5-16(18(23)12-15)19-13-17-20(6-7-24-21(17)25-19)26-8-10-27(11-9-26)22(28)14-2-3-14/h4-7,12-14H,2-3,8-11H2,1H3,(H,24,25). The van der Waals surface area contributed by atoms with Crippen LogP contribution in [0.15, 0.2) is 36.5 Å². The second-order valence-electron chi connectivity index (χ2n) is 7.71. The highest BCUT2D eigenvalue weighted by Crippen LogP contribution is 2.34. The van der Waals surface area contributed by atoms with E-state index in [9.17, 15) is 9.18 Å². The van der Waals surface area contributed by atoms with E-state index in [0.29, 0.717) is 22.9 Å². The number of ether oxygens (including phenoxy) is 1.